The van der Waals surface area contributed by atoms with Crippen molar-refractivity contribution >= 4 is 11.9 Å². The predicted molar refractivity (Wildman–Crippen MR) is 172 cm³/mol. The molecule has 11 nitrogen and oxygen atoms in total. The monoisotopic (exact) mass is 643 g/mol. The number of aliphatic hydroxyl groups is 1. The number of hydrogen-bond acceptors (Lipinski definition) is 10. The van der Waals surface area contributed by atoms with E-state index < -0.39 is 18.2 Å². The normalized spacial score (nSPS) is 24.2. The number of aliphatic hydroxyl groups excluding tert-OH is 1. The number of aryl methyl sites for hydroxylation is 2. The van der Waals surface area contributed by atoms with Crippen molar-refractivity contribution in [2.75, 3.05) is 27.5 Å². The smallest absolute Gasteiger partial charge is 0.308 e. The van der Waals surface area contributed by atoms with Crippen LogP contribution in [0, 0.1) is 13.8 Å². The Hall–Kier alpha value is -4.32. The summed E-state index contributed by atoms with van der Waals surface area (Å²) in [6, 6.07) is 10.3. The van der Waals surface area contributed by atoms with Gasteiger partial charge in [0.1, 0.15) is 12.0 Å². The fourth-order valence-corrected chi connectivity index (χ4v) is 8.32. The highest BCUT2D eigenvalue weighted by atomic mass is 16.7. The van der Waals surface area contributed by atoms with E-state index in [1.165, 1.54) is 6.92 Å². The van der Waals surface area contributed by atoms with Crippen LogP contribution in [0.5, 0.6) is 28.7 Å². The van der Waals surface area contributed by atoms with E-state index in [2.05, 4.69) is 15.1 Å². The van der Waals surface area contributed by atoms with Gasteiger partial charge >= 0.3 is 5.97 Å². The summed E-state index contributed by atoms with van der Waals surface area (Å²) < 4.78 is 23.5. The summed E-state index contributed by atoms with van der Waals surface area (Å²) in [4.78, 5) is 29.9. The SMILES string of the molecule is COc1c(C)cc2c(c1O)[C@H]1C3Cc4c(OC(C)=O)c(C)c5c(c4[C@H](CNC(=O)CCc4ccccc4)N3C(O)[C@@H](C2)N1C)OCO5. The first-order chi connectivity index (χ1) is 22.6. The van der Waals surface area contributed by atoms with Crippen molar-refractivity contribution in [1.82, 2.24) is 15.1 Å². The Morgan fingerprint density at radius 3 is 2.51 bits per heavy atom. The maximum atomic E-state index is 13.3. The fourth-order valence-electron chi connectivity index (χ4n) is 8.32. The number of phenolic OH excluding ortho intramolecular Hbond substituents is 1. The summed E-state index contributed by atoms with van der Waals surface area (Å²) in [6.07, 6.45) is 0.862. The summed E-state index contributed by atoms with van der Waals surface area (Å²) in [6.45, 7) is 5.28. The van der Waals surface area contributed by atoms with Crippen molar-refractivity contribution in [2.24, 2.45) is 0 Å². The zero-order valence-corrected chi connectivity index (χ0v) is 27.3. The van der Waals surface area contributed by atoms with Crippen molar-refractivity contribution in [3.05, 3.63) is 75.3 Å². The van der Waals surface area contributed by atoms with Gasteiger partial charge in [-0.3, -0.25) is 19.4 Å². The molecule has 47 heavy (non-hydrogen) atoms. The molecule has 0 radical (unpaired) electrons. The summed E-state index contributed by atoms with van der Waals surface area (Å²) >= 11 is 0. The van der Waals surface area contributed by atoms with E-state index in [0.29, 0.717) is 54.2 Å². The van der Waals surface area contributed by atoms with E-state index in [0.717, 1.165) is 33.4 Å². The van der Waals surface area contributed by atoms with Gasteiger partial charge < -0.3 is 34.5 Å². The number of carbonyl (C=O) groups is 2. The molecule has 1 amide bonds. The number of rotatable bonds is 7. The zero-order chi connectivity index (χ0) is 33.1. The van der Waals surface area contributed by atoms with Crippen molar-refractivity contribution in [3.63, 3.8) is 0 Å². The van der Waals surface area contributed by atoms with Crippen LogP contribution in [0.4, 0.5) is 0 Å². The van der Waals surface area contributed by atoms with Crippen LogP contribution in [-0.4, -0.2) is 77.7 Å². The maximum Gasteiger partial charge on any atom is 0.308 e. The lowest BCUT2D eigenvalue weighted by Gasteiger charge is -2.60. The molecule has 0 aromatic heterocycles. The third-order valence-corrected chi connectivity index (χ3v) is 10.3. The second-order valence-corrected chi connectivity index (χ2v) is 13.0. The zero-order valence-electron chi connectivity index (χ0n) is 27.3. The van der Waals surface area contributed by atoms with Gasteiger partial charge in [0.25, 0.3) is 0 Å². The topological polar surface area (TPSA) is 130 Å². The molecule has 7 rings (SSSR count). The molecule has 248 valence electrons. The first kappa shape index (κ1) is 31.3. The van der Waals surface area contributed by atoms with Crippen LogP contribution in [0.3, 0.4) is 0 Å². The van der Waals surface area contributed by atoms with Crippen LogP contribution >= 0.6 is 0 Å². The molecule has 4 aliphatic heterocycles. The van der Waals surface area contributed by atoms with Crippen LogP contribution in [0.25, 0.3) is 0 Å². The van der Waals surface area contributed by atoms with E-state index in [-0.39, 0.29) is 43.1 Å². The highest BCUT2D eigenvalue weighted by Crippen LogP contribution is 2.58. The molecule has 5 atom stereocenters. The number of carbonyl (C=O) groups excluding carboxylic acids is 2. The van der Waals surface area contributed by atoms with E-state index in [1.54, 1.807) is 7.11 Å². The molecule has 0 aliphatic carbocycles. The number of nitrogens with zero attached hydrogens (tertiary/aromatic N) is 2. The number of ether oxygens (including phenoxy) is 4. The predicted octanol–water partition coefficient (Wildman–Crippen LogP) is 3.62. The lowest BCUT2D eigenvalue weighted by Crippen LogP contribution is -2.69. The molecule has 4 aliphatic rings. The van der Waals surface area contributed by atoms with Gasteiger partial charge in [-0.05, 0) is 56.8 Å². The molecule has 0 spiro atoms. The standard InChI is InChI=1S/C36H41N3O8/c1-18-13-22-14-25-36(43)39-24(30(38(25)4)28(22)31(42)32(18)44-5)15-23-29(35-34(45-17-46-35)19(2)33(23)47-20(3)40)26(39)16-37-27(41)12-11-21-9-7-6-8-10-21/h6-10,13,24-26,30,36,42-43H,11-12,14-17H2,1-5H3,(H,37,41)/t24?,25-,26+,30-,36?/m1/s1. The molecule has 1 saturated heterocycles. The summed E-state index contributed by atoms with van der Waals surface area (Å²) in [5.74, 6) is 1.35. The lowest BCUT2D eigenvalue weighted by molar-refractivity contribution is -0.172. The van der Waals surface area contributed by atoms with Gasteiger partial charge in [-0.15, -0.1) is 0 Å². The average molecular weight is 644 g/mol. The van der Waals surface area contributed by atoms with Crippen molar-refractivity contribution < 1.29 is 38.7 Å². The Morgan fingerprint density at radius 2 is 1.79 bits per heavy atom. The summed E-state index contributed by atoms with van der Waals surface area (Å²) in [5.41, 5.74) is 5.76. The molecular weight excluding hydrogens is 602 g/mol. The summed E-state index contributed by atoms with van der Waals surface area (Å²) in [7, 11) is 3.52. The minimum atomic E-state index is -0.922. The van der Waals surface area contributed by atoms with Crippen LogP contribution in [0.15, 0.2) is 36.4 Å². The van der Waals surface area contributed by atoms with E-state index in [1.807, 2.05) is 57.3 Å². The Kier molecular flexibility index (Phi) is 8.02. The molecule has 3 N–H and O–H groups in total. The number of piperazine rings is 1. The molecule has 11 heteroatoms. The third-order valence-electron chi connectivity index (χ3n) is 10.3. The number of amides is 1. The Bertz CT molecular complexity index is 1740. The number of aromatic hydroxyl groups is 1. The highest BCUT2D eigenvalue weighted by Gasteiger charge is 2.56. The average Bonchev–Trinajstić information content (AvgIpc) is 3.54. The maximum absolute atomic E-state index is 13.3. The number of phenols is 1. The number of benzene rings is 3. The number of nitrogens with one attached hydrogen (secondary N) is 1. The van der Waals surface area contributed by atoms with Crippen LogP contribution in [-0.2, 0) is 28.9 Å². The number of esters is 1. The molecule has 4 heterocycles. The second kappa shape index (κ2) is 12.0. The molecular formula is C36H41N3O8. The van der Waals surface area contributed by atoms with Crippen LogP contribution in [0.2, 0.25) is 0 Å². The van der Waals surface area contributed by atoms with Crippen molar-refractivity contribution in [3.8, 4) is 28.7 Å². The van der Waals surface area contributed by atoms with Gasteiger partial charge in [0.05, 0.1) is 25.2 Å². The Morgan fingerprint density at radius 1 is 1.04 bits per heavy atom. The van der Waals surface area contributed by atoms with E-state index >= 15 is 0 Å². The Labute approximate surface area is 274 Å². The molecule has 2 unspecified atom stereocenters. The first-order valence-corrected chi connectivity index (χ1v) is 16.1. The Balaban J connectivity index is 1.35. The number of methoxy groups -OCH3 is 1. The van der Waals surface area contributed by atoms with Gasteiger partial charge in [0.15, 0.2) is 23.0 Å². The van der Waals surface area contributed by atoms with Crippen molar-refractivity contribution in [1.29, 1.82) is 0 Å². The number of fused-ring (bicyclic) bond motifs is 9. The van der Waals surface area contributed by atoms with Gasteiger partial charge in [-0.2, -0.15) is 0 Å². The third kappa shape index (κ3) is 5.08. The van der Waals surface area contributed by atoms with Crippen LogP contribution in [0.1, 0.15) is 64.4 Å². The summed E-state index contributed by atoms with van der Waals surface area (Å²) in [5, 5.41) is 27.0. The van der Waals surface area contributed by atoms with Crippen LogP contribution < -0.4 is 24.3 Å². The molecule has 3 aromatic rings. The van der Waals surface area contributed by atoms with Crippen molar-refractivity contribution in [2.45, 2.75) is 76.8 Å². The lowest BCUT2D eigenvalue weighted by atomic mass is 9.73. The number of hydrogen-bond donors (Lipinski definition) is 3. The quantitative estimate of drug-likeness (QED) is 0.259. The van der Waals surface area contributed by atoms with Gasteiger partial charge in [0, 0.05) is 48.2 Å². The molecule has 0 saturated carbocycles. The van der Waals surface area contributed by atoms with Gasteiger partial charge in [0.2, 0.25) is 12.7 Å². The minimum Gasteiger partial charge on any atom is -0.504 e. The highest BCUT2D eigenvalue weighted by molar-refractivity contribution is 5.77. The first-order valence-electron chi connectivity index (χ1n) is 16.1. The van der Waals surface area contributed by atoms with E-state index in [9.17, 15) is 19.8 Å². The fraction of sp³-hybridized carbons (Fsp3) is 0.444. The van der Waals surface area contributed by atoms with Gasteiger partial charge in [-0.1, -0.05) is 36.4 Å². The largest absolute Gasteiger partial charge is 0.504 e. The van der Waals surface area contributed by atoms with Gasteiger partial charge in [-0.25, -0.2) is 0 Å². The van der Waals surface area contributed by atoms with E-state index in [4.69, 9.17) is 18.9 Å². The molecule has 2 bridgehead atoms. The molecule has 1 fully saturated rings. The second-order valence-electron chi connectivity index (χ2n) is 13.0. The minimum absolute atomic E-state index is 0.00264. The number of likely N-dealkylation sites (N-methyl/N-ethyl adjacent to an activating group) is 1. The molecule has 3 aromatic carbocycles.